The molecule has 0 spiro atoms. The van der Waals surface area contributed by atoms with E-state index in [0.29, 0.717) is 0 Å². The first-order valence-electron chi connectivity index (χ1n) is 0.811. The molecule has 0 saturated heterocycles. The van der Waals surface area contributed by atoms with Crippen LogP contribution >= 0.6 is 0 Å². The molecule has 0 aliphatic carbocycles. The van der Waals surface area contributed by atoms with Gasteiger partial charge >= 0.3 is 33.0 Å². The van der Waals surface area contributed by atoms with Crippen molar-refractivity contribution >= 4 is 26.8 Å². The van der Waals surface area contributed by atoms with Crippen LogP contribution in [0.2, 0.25) is 0 Å². The third-order valence-corrected chi connectivity index (χ3v) is 0. The fourth-order valence-corrected chi connectivity index (χ4v) is 0. The van der Waals surface area contributed by atoms with Crippen molar-refractivity contribution in [3.05, 3.63) is 0 Å². The Morgan fingerprint density at radius 2 is 2.00 bits per heavy atom. The molecule has 0 heterocycles. The molecule has 1 radical (unpaired) electrons. The average molecular weight is 90.0 g/mol. The van der Waals surface area contributed by atoms with Gasteiger partial charge in [0.05, 0.1) is 0 Å². The first-order chi connectivity index (χ1) is 1.73. The van der Waals surface area contributed by atoms with Crippen LogP contribution in [0.25, 0.3) is 0 Å². The van der Waals surface area contributed by atoms with Crippen molar-refractivity contribution in [1.82, 2.24) is 0 Å². The van der Waals surface area contributed by atoms with Crippen LogP contribution < -0.4 is 0 Å². The van der Waals surface area contributed by atoms with Gasteiger partial charge in [-0.05, 0) is 0 Å². The summed E-state index contributed by atoms with van der Waals surface area (Å²) < 4.78 is 0. The summed E-state index contributed by atoms with van der Waals surface area (Å²) in [4.78, 5) is 0. The topological polar surface area (TPSA) is 0 Å². The van der Waals surface area contributed by atoms with E-state index >= 15 is 0 Å². The molecular weight excluding hydrogens is 87.0 g/mol. The van der Waals surface area contributed by atoms with Crippen LogP contribution in [0, 0.1) is 0 Å². The second-order valence-corrected chi connectivity index (χ2v) is 3.07. The van der Waals surface area contributed by atoms with Gasteiger partial charge in [-0.1, -0.05) is 0 Å². The predicted molar refractivity (Wildman–Crippen MR) is 26.4 cm³/mol. The maximum absolute atomic E-state index is 4.95. The number of hydrogen-bond acceptors (Lipinski definition) is 2. The minimum absolute atomic E-state index is 0.278. The maximum atomic E-state index is 4.95. The molecule has 0 atom stereocenters. The normalized spacial score (nSPS) is 8.25. The predicted octanol–water partition coefficient (Wildman–Crippen LogP) is -0.220. The molecule has 0 aliphatic heterocycles. The van der Waals surface area contributed by atoms with E-state index in [-0.39, 0.29) is 8.88 Å². The molecule has 0 aliphatic rings. The van der Waals surface area contributed by atoms with Gasteiger partial charge in [-0.3, -0.25) is 0 Å². The zero-order chi connectivity index (χ0) is 3.58. The summed E-state index contributed by atoms with van der Waals surface area (Å²) in [6.07, 6.45) is 1.79. The van der Waals surface area contributed by atoms with Gasteiger partial charge in [-0.2, -0.15) is 0 Å². The van der Waals surface area contributed by atoms with Crippen molar-refractivity contribution in [2.45, 2.75) is 0 Å². The van der Waals surface area contributed by atoms with E-state index in [1.165, 1.54) is 0 Å². The first kappa shape index (κ1) is 4.63. The van der Waals surface area contributed by atoms with Crippen LogP contribution in [0.4, 0.5) is 0 Å². The summed E-state index contributed by atoms with van der Waals surface area (Å²) in [5.41, 5.74) is 0. The number of hydrogen-bond donors (Lipinski definition) is 0. The summed E-state index contributed by atoms with van der Waals surface area (Å²) >= 11 is 4.43. The molecule has 0 rings (SSSR count). The van der Waals surface area contributed by atoms with Crippen molar-refractivity contribution in [3.63, 3.8) is 0 Å². The van der Waals surface area contributed by atoms with Gasteiger partial charge in [0.2, 0.25) is 0 Å². The third kappa shape index (κ3) is 17.5. The Kier molecular flexibility index (Phi) is 2.21. The summed E-state index contributed by atoms with van der Waals surface area (Å²) in [7, 11) is -0.278. The number of rotatable bonds is 0. The molecule has 0 bridgehead atoms. The molecule has 0 nitrogen and oxygen atoms in total. The molecular formula is CH3BS2-. The van der Waals surface area contributed by atoms with Gasteiger partial charge in [-0.25, -0.2) is 0 Å². The van der Waals surface area contributed by atoms with E-state index in [2.05, 4.69) is 11.2 Å². The van der Waals surface area contributed by atoms with E-state index in [9.17, 15) is 0 Å². The Bertz CT molecular complexity index is 54.4. The molecule has 4 heavy (non-hydrogen) atoms. The van der Waals surface area contributed by atoms with E-state index in [0.717, 1.165) is 0 Å². The average Bonchev–Trinajstić information content (AvgIpc) is 0.811. The van der Waals surface area contributed by atoms with Crippen LogP contribution in [0.5, 0.6) is 0 Å². The monoisotopic (exact) mass is 90.0 g/mol. The molecule has 0 aromatic carbocycles. The van der Waals surface area contributed by atoms with Crippen LogP contribution in [-0.2, 0) is 20.1 Å². The Morgan fingerprint density at radius 3 is 2.00 bits per heavy atom. The van der Waals surface area contributed by atoms with E-state index in [1.54, 1.807) is 6.26 Å². The Morgan fingerprint density at radius 1 is 2.00 bits per heavy atom. The van der Waals surface area contributed by atoms with Crippen LogP contribution in [0.3, 0.4) is 0 Å². The third-order valence-electron chi connectivity index (χ3n) is 0. The second-order valence-electron chi connectivity index (χ2n) is 0.499. The van der Waals surface area contributed by atoms with Gasteiger partial charge in [0.15, 0.2) is 0 Å². The zero-order valence-electron chi connectivity index (χ0n) is 2.39. The SMILES string of the molecule is [B]=[S-](C)=S. The molecule has 0 N–H and O–H groups in total. The van der Waals surface area contributed by atoms with Gasteiger partial charge in [-0.15, -0.1) is 0 Å². The van der Waals surface area contributed by atoms with Gasteiger partial charge < -0.3 is 0 Å². The molecule has 0 saturated carbocycles. The van der Waals surface area contributed by atoms with Crippen molar-refractivity contribution in [3.8, 4) is 0 Å². The van der Waals surface area contributed by atoms with Crippen LogP contribution in [-0.4, -0.2) is 13.0 Å². The standard InChI is InChI=1S/CH3BS2/c1-4(2)3/h1H3/q-1. The van der Waals surface area contributed by atoms with Gasteiger partial charge in [0.1, 0.15) is 0 Å². The van der Waals surface area contributed by atoms with Gasteiger partial charge in [0.25, 0.3) is 0 Å². The van der Waals surface area contributed by atoms with Crippen molar-refractivity contribution < 1.29 is 0 Å². The molecule has 23 valence electrons. The van der Waals surface area contributed by atoms with E-state index < -0.39 is 0 Å². The fourth-order valence-electron chi connectivity index (χ4n) is 0. The quantitative estimate of drug-likeness (QED) is 0.292. The molecule has 3 heteroatoms. The summed E-state index contributed by atoms with van der Waals surface area (Å²) in [5, 5.41) is 0. The van der Waals surface area contributed by atoms with Crippen molar-refractivity contribution in [2.24, 2.45) is 0 Å². The summed E-state index contributed by atoms with van der Waals surface area (Å²) in [5.74, 6) is 0. The van der Waals surface area contributed by atoms with Crippen molar-refractivity contribution in [1.29, 1.82) is 0 Å². The molecule has 0 aromatic heterocycles. The first-order valence-corrected chi connectivity index (χ1v) is 3.43. The summed E-state index contributed by atoms with van der Waals surface area (Å²) in [6.45, 7) is 4.95. The zero-order valence-corrected chi connectivity index (χ0v) is 4.03. The van der Waals surface area contributed by atoms with E-state index in [1.807, 2.05) is 0 Å². The second kappa shape index (κ2) is 1.91. The Hall–Kier alpha value is 0.635. The van der Waals surface area contributed by atoms with Crippen LogP contribution in [0.15, 0.2) is 0 Å². The molecule has 0 aromatic rings. The van der Waals surface area contributed by atoms with Gasteiger partial charge in [0, 0.05) is 0 Å². The molecule has 0 amide bonds. The minimum atomic E-state index is -0.278. The summed E-state index contributed by atoms with van der Waals surface area (Å²) in [6, 6.07) is 0. The van der Waals surface area contributed by atoms with Crippen molar-refractivity contribution in [2.75, 3.05) is 6.26 Å². The molecule has 0 unspecified atom stereocenters. The fraction of sp³-hybridized carbons (Fsp3) is 1.00. The van der Waals surface area contributed by atoms with Crippen LogP contribution in [0.1, 0.15) is 0 Å². The Balaban J connectivity index is 3.51. The Labute approximate surface area is 33.7 Å². The molecule has 0 fully saturated rings. The van der Waals surface area contributed by atoms with E-state index in [4.69, 9.17) is 6.72 Å².